The van der Waals surface area contributed by atoms with E-state index in [-0.39, 0.29) is 5.82 Å². The van der Waals surface area contributed by atoms with Gasteiger partial charge >= 0.3 is 0 Å². The van der Waals surface area contributed by atoms with Crippen LogP contribution in [0.3, 0.4) is 0 Å². The molecule has 0 aliphatic heterocycles. The molecule has 1 aromatic carbocycles. The van der Waals surface area contributed by atoms with Gasteiger partial charge in [0.15, 0.2) is 0 Å². The molecule has 2 unspecified atom stereocenters. The molecule has 0 amide bonds. The maximum Gasteiger partial charge on any atom is 0.123 e. The largest absolute Gasteiger partial charge is 0.310 e. The van der Waals surface area contributed by atoms with Gasteiger partial charge in [0.1, 0.15) is 5.82 Å². The van der Waals surface area contributed by atoms with Crippen LogP contribution in [0.4, 0.5) is 4.39 Å². The predicted molar refractivity (Wildman–Crippen MR) is 67.3 cm³/mol. The first kappa shape index (κ1) is 13.5. The Balaban J connectivity index is 2.54. The molecule has 0 heterocycles. The number of hydrogen-bond donors (Lipinski definition) is 1. The molecule has 1 nitrogen and oxygen atoms in total. The molecule has 1 N–H and O–H groups in total. The second-order valence-corrected chi connectivity index (χ2v) is 4.68. The van der Waals surface area contributed by atoms with E-state index >= 15 is 0 Å². The Kier molecular flexibility index (Phi) is 5.23. The maximum atomic E-state index is 12.9. The molecule has 90 valence electrons. The number of rotatable bonds is 5. The molecule has 2 atom stereocenters. The normalized spacial score (nSPS) is 14.8. The van der Waals surface area contributed by atoms with Gasteiger partial charge in [-0.3, -0.25) is 0 Å². The lowest BCUT2D eigenvalue weighted by molar-refractivity contribution is 0.429. The first-order valence-corrected chi connectivity index (χ1v) is 6.12. The molecule has 1 rings (SSSR count). The van der Waals surface area contributed by atoms with Gasteiger partial charge in [0.2, 0.25) is 0 Å². The zero-order valence-electron chi connectivity index (χ0n) is 10.1. The topological polar surface area (TPSA) is 12.0 Å². The van der Waals surface area contributed by atoms with Gasteiger partial charge in [-0.15, -0.1) is 11.6 Å². The number of hydrogen-bond acceptors (Lipinski definition) is 1. The van der Waals surface area contributed by atoms with E-state index in [4.69, 9.17) is 11.6 Å². The van der Waals surface area contributed by atoms with Gasteiger partial charge in [0.05, 0.1) is 0 Å². The zero-order chi connectivity index (χ0) is 12.1. The predicted octanol–water partition coefficient (Wildman–Crippen LogP) is 3.49. The molecule has 16 heavy (non-hydrogen) atoms. The zero-order valence-corrected chi connectivity index (χ0v) is 10.8. The summed E-state index contributed by atoms with van der Waals surface area (Å²) in [4.78, 5) is 0. The van der Waals surface area contributed by atoms with E-state index in [1.54, 1.807) is 6.07 Å². The summed E-state index contributed by atoms with van der Waals surface area (Å²) >= 11 is 5.79. The van der Waals surface area contributed by atoms with E-state index in [1.165, 1.54) is 6.07 Å². The van der Waals surface area contributed by atoms with E-state index in [0.29, 0.717) is 17.8 Å². The summed E-state index contributed by atoms with van der Waals surface area (Å²) in [6, 6.07) is 5.25. The molecule has 0 aliphatic carbocycles. The highest BCUT2D eigenvalue weighted by atomic mass is 35.5. The van der Waals surface area contributed by atoms with Crippen molar-refractivity contribution >= 4 is 11.6 Å². The van der Waals surface area contributed by atoms with Crippen molar-refractivity contribution in [3.8, 4) is 0 Å². The van der Waals surface area contributed by atoms with Gasteiger partial charge in [-0.1, -0.05) is 13.0 Å². The lowest BCUT2D eigenvalue weighted by atomic mass is 10.0. The van der Waals surface area contributed by atoms with Crippen LogP contribution >= 0.6 is 11.6 Å². The fraction of sp³-hybridized carbons (Fsp3) is 0.538. The number of nitrogens with one attached hydrogen (secondary N) is 1. The SMILES string of the molecule is Cc1cc(F)ccc1CNC(C)C(C)CCl. The van der Waals surface area contributed by atoms with Crippen molar-refractivity contribution in [1.82, 2.24) is 5.32 Å². The molecule has 0 bridgehead atoms. The highest BCUT2D eigenvalue weighted by Crippen LogP contribution is 2.11. The minimum absolute atomic E-state index is 0.177. The van der Waals surface area contributed by atoms with Crippen LogP contribution in [0.5, 0.6) is 0 Å². The molecule has 0 aliphatic rings. The third kappa shape index (κ3) is 3.76. The molecule has 0 spiro atoms. The quantitative estimate of drug-likeness (QED) is 0.781. The number of halogens is 2. The van der Waals surface area contributed by atoms with E-state index in [1.807, 2.05) is 13.0 Å². The molecule has 0 saturated carbocycles. The average Bonchev–Trinajstić information content (AvgIpc) is 2.26. The van der Waals surface area contributed by atoms with Crippen molar-refractivity contribution < 1.29 is 4.39 Å². The van der Waals surface area contributed by atoms with Gasteiger partial charge in [-0.2, -0.15) is 0 Å². The number of benzene rings is 1. The fourth-order valence-electron chi connectivity index (χ4n) is 1.46. The summed E-state index contributed by atoms with van der Waals surface area (Å²) in [5.41, 5.74) is 2.12. The molecular formula is C13H19ClFN. The van der Waals surface area contributed by atoms with Gasteiger partial charge < -0.3 is 5.32 Å². The standard InChI is InChI=1S/C13H19ClFN/c1-9-6-13(15)5-4-12(9)8-16-11(3)10(2)7-14/h4-6,10-11,16H,7-8H2,1-3H3. The molecular weight excluding hydrogens is 225 g/mol. The first-order chi connectivity index (χ1) is 7.54. The minimum Gasteiger partial charge on any atom is -0.310 e. The molecule has 0 radical (unpaired) electrons. The van der Waals surface area contributed by atoms with Crippen LogP contribution in [0.2, 0.25) is 0 Å². The molecule has 0 fully saturated rings. The van der Waals surface area contributed by atoms with Crippen molar-refractivity contribution in [2.24, 2.45) is 5.92 Å². The Hall–Kier alpha value is -0.600. The molecule has 0 aromatic heterocycles. The Morgan fingerprint density at radius 1 is 1.38 bits per heavy atom. The second kappa shape index (κ2) is 6.21. The highest BCUT2D eigenvalue weighted by molar-refractivity contribution is 6.18. The number of aryl methyl sites for hydroxylation is 1. The summed E-state index contributed by atoms with van der Waals surface area (Å²) < 4.78 is 12.9. The van der Waals surface area contributed by atoms with Crippen LogP contribution in [0.1, 0.15) is 25.0 Å². The smallest absolute Gasteiger partial charge is 0.123 e. The van der Waals surface area contributed by atoms with Gasteiger partial charge in [-0.25, -0.2) is 4.39 Å². The van der Waals surface area contributed by atoms with Crippen LogP contribution < -0.4 is 5.32 Å². The third-order valence-corrected chi connectivity index (χ3v) is 3.50. The van der Waals surface area contributed by atoms with Crippen molar-refractivity contribution in [3.05, 3.63) is 35.1 Å². The lowest BCUT2D eigenvalue weighted by Gasteiger charge is -2.19. The third-order valence-electron chi connectivity index (χ3n) is 3.02. The lowest BCUT2D eigenvalue weighted by Crippen LogP contribution is -2.32. The first-order valence-electron chi connectivity index (χ1n) is 5.59. The number of alkyl halides is 1. The van der Waals surface area contributed by atoms with E-state index in [9.17, 15) is 4.39 Å². The summed E-state index contributed by atoms with van der Waals surface area (Å²) in [7, 11) is 0. The molecule has 3 heteroatoms. The van der Waals surface area contributed by atoms with Crippen molar-refractivity contribution in [3.63, 3.8) is 0 Å². The van der Waals surface area contributed by atoms with E-state index < -0.39 is 0 Å². The van der Waals surface area contributed by atoms with Gasteiger partial charge in [-0.05, 0) is 43.0 Å². The van der Waals surface area contributed by atoms with Crippen LogP contribution in [-0.2, 0) is 6.54 Å². The van der Waals surface area contributed by atoms with Gasteiger partial charge in [0, 0.05) is 18.5 Å². The second-order valence-electron chi connectivity index (χ2n) is 4.37. The fourth-order valence-corrected chi connectivity index (χ4v) is 1.73. The Labute approximate surface area is 102 Å². The van der Waals surface area contributed by atoms with Crippen LogP contribution in [-0.4, -0.2) is 11.9 Å². The summed E-state index contributed by atoms with van der Waals surface area (Å²) in [6.45, 7) is 6.92. The van der Waals surface area contributed by atoms with Crippen LogP contribution in [0.25, 0.3) is 0 Å². The monoisotopic (exact) mass is 243 g/mol. The van der Waals surface area contributed by atoms with Crippen molar-refractivity contribution in [2.45, 2.75) is 33.4 Å². The Morgan fingerprint density at radius 2 is 2.06 bits per heavy atom. The average molecular weight is 244 g/mol. The van der Waals surface area contributed by atoms with E-state index in [2.05, 4.69) is 19.2 Å². The highest BCUT2D eigenvalue weighted by Gasteiger charge is 2.10. The van der Waals surface area contributed by atoms with Crippen molar-refractivity contribution in [1.29, 1.82) is 0 Å². The molecule has 1 aromatic rings. The Bertz CT molecular complexity index is 341. The van der Waals surface area contributed by atoms with Crippen LogP contribution in [0.15, 0.2) is 18.2 Å². The van der Waals surface area contributed by atoms with Crippen LogP contribution in [0, 0.1) is 18.7 Å². The van der Waals surface area contributed by atoms with E-state index in [0.717, 1.165) is 17.7 Å². The molecule has 0 saturated heterocycles. The van der Waals surface area contributed by atoms with Gasteiger partial charge in [0.25, 0.3) is 0 Å². The maximum absolute atomic E-state index is 12.9. The minimum atomic E-state index is -0.177. The Morgan fingerprint density at radius 3 is 2.62 bits per heavy atom. The van der Waals surface area contributed by atoms with Crippen molar-refractivity contribution in [2.75, 3.05) is 5.88 Å². The summed E-state index contributed by atoms with van der Waals surface area (Å²) in [5.74, 6) is 0.905. The summed E-state index contributed by atoms with van der Waals surface area (Å²) in [6.07, 6.45) is 0. The summed E-state index contributed by atoms with van der Waals surface area (Å²) in [5, 5.41) is 3.40.